The number of ketones is 1. The molecule has 0 unspecified atom stereocenters. The number of nitrogens with one attached hydrogen (secondary N) is 2. The number of halogens is 2. The topological polar surface area (TPSA) is 71.1 Å². The van der Waals surface area contributed by atoms with Crippen molar-refractivity contribution in [2.24, 2.45) is 0 Å². The summed E-state index contributed by atoms with van der Waals surface area (Å²) in [6, 6.07) is 8.95. The van der Waals surface area contributed by atoms with Crippen LogP contribution in [-0.4, -0.2) is 16.7 Å². The number of aromatic nitrogens is 1. The van der Waals surface area contributed by atoms with Gasteiger partial charge < -0.3 is 10.6 Å². The van der Waals surface area contributed by atoms with Gasteiger partial charge in [-0.25, -0.2) is 4.98 Å². The summed E-state index contributed by atoms with van der Waals surface area (Å²) in [4.78, 5) is 30.6. The van der Waals surface area contributed by atoms with Gasteiger partial charge in [0.1, 0.15) is 5.82 Å². The summed E-state index contributed by atoms with van der Waals surface area (Å²) in [5.41, 5.74) is 4.21. The van der Waals surface area contributed by atoms with Gasteiger partial charge in [-0.3, -0.25) is 9.59 Å². The second-order valence-corrected chi connectivity index (χ2v) is 8.37. The van der Waals surface area contributed by atoms with Crippen LogP contribution in [0, 0.1) is 6.92 Å². The lowest BCUT2D eigenvalue weighted by Crippen LogP contribution is -2.35. The second kappa shape index (κ2) is 8.25. The number of carbonyl (C=O) groups excluding carboxylic acids is 2. The van der Waals surface area contributed by atoms with Crippen LogP contribution in [0.15, 0.2) is 59.1 Å². The summed E-state index contributed by atoms with van der Waals surface area (Å²) < 4.78 is 0. The summed E-state index contributed by atoms with van der Waals surface area (Å²) in [5.74, 6) is -0.448. The average molecular weight is 442 g/mol. The molecule has 1 amide bonds. The Morgan fingerprint density at radius 1 is 1.20 bits per heavy atom. The zero-order chi connectivity index (χ0) is 21.4. The third-order valence-corrected chi connectivity index (χ3v) is 6.30. The molecule has 2 aliphatic rings. The highest BCUT2D eigenvalue weighted by Crippen LogP contribution is 2.45. The van der Waals surface area contributed by atoms with E-state index in [4.69, 9.17) is 23.2 Å². The summed E-state index contributed by atoms with van der Waals surface area (Å²) in [5, 5.41) is 6.90. The molecule has 5 nitrogen and oxygen atoms in total. The van der Waals surface area contributed by atoms with Crippen molar-refractivity contribution in [1.82, 2.24) is 10.3 Å². The quantitative estimate of drug-likeness (QED) is 0.677. The minimum atomic E-state index is -0.593. The third kappa shape index (κ3) is 3.75. The highest BCUT2D eigenvalue weighted by Gasteiger charge is 2.39. The van der Waals surface area contributed by atoms with E-state index in [1.54, 1.807) is 24.4 Å². The molecule has 0 saturated carbocycles. The van der Waals surface area contributed by atoms with Crippen LogP contribution >= 0.6 is 23.2 Å². The monoisotopic (exact) mass is 441 g/mol. The summed E-state index contributed by atoms with van der Waals surface area (Å²) in [7, 11) is 0. The van der Waals surface area contributed by atoms with Crippen molar-refractivity contribution in [2.75, 3.05) is 5.32 Å². The Bertz CT molecular complexity index is 1120. The highest BCUT2D eigenvalue weighted by atomic mass is 35.5. The standard InChI is InChI=1S/C23H21Cl2N3O2/c1-12-9-10-26-18(11-12)28-23(30)19-13(2)27-16-7-4-8-17(29)21(16)20(19)14-5-3-6-15(24)22(14)25/h3,5-6,9-11,20,27H,4,7-8H2,1-2H3,(H,26,28,30)/t20-/m1/s1. The number of rotatable bonds is 3. The van der Waals surface area contributed by atoms with E-state index in [1.807, 2.05) is 26.0 Å². The van der Waals surface area contributed by atoms with E-state index in [0.29, 0.717) is 44.7 Å². The van der Waals surface area contributed by atoms with Gasteiger partial charge in [0.2, 0.25) is 0 Å². The molecule has 1 aromatic carbocycles. The van der Waals surface area contributed by atoms with Gasteiger partial charge >= 0.3 is 0 Å². The van der Waals surface area contributed by atoms with Gasteiger partial charge in [-0.1, -0.05) is 35.3 Å². The van der Waals surface area contributed by atoms with Gasteiger partial charge in [0.15, 0.2) is 5.78 Å². The molecule has 1 aliphatic heterocycles. The molecule has 1 aromatic heterocycles. The van der Waals surface area contributed by atoms with E-state index in [2.05, 4.69) is 15.6 Å². The van der Waals surface area contributed by atoms with Gasteiger partial charge in [-0.2, -0.15) is 0 Å². The van der Waals surface area contributed by atoms with Crippen LogP contribution in [0.5, 0.6) is 0 Å². The number of anilines is 1. The molecule has 7 heteroatoms. The van der Waals surface area contributed by atoms with Crippen LogP contribution < -0.4 is 10.6 Å². The van der Waals surface area contributed by atoms with E-state index < -0.39 is 5.92 Å². The molecular weight excluding hydrogens is 421 g/mol. The fourth-order valence-corrected chi connectivity index (χ4v) is 4.54. The summed E-state index contributed by atoms with van der Waals surface area (Å²) >= 11 is 12.8. The van der Waals surface area contributed by atoms with Crippen LogP contribution in [0.25, 0.3) is 0 Å². The molecule has 0 saturated heterocycles. The van der Waals surface area contributed by atoms with E-state index in [-0.39, 0.29) is 11.7 Å². The largest absolute Gasteiger partial charge is 0.362 e. The number of aryl methyl sites for hydroxylation is 1. The Kier molecular flexibility index (Phi) is 5.67. The molecule has 0 radical (unpaired) electrons. The highest BCUT2D eigenvalue weighted by molar-refractivity contribution is 6.42. The van der Waals surface area contributed by atoms with Crippen molar-refractivity contribution in [3.63, 3.8) is 0 Å². The molecular formula is C23H21Cl2N3O2. The van der Waals surface area contributed by atoms with E-state index in [9.17, 15) is 9.59 Å². The van der Waals surface area contributed by atoms with Crippen LogP contribution in [0.1, 0.15) is 43.2 Å². The SMILES string of the molecule is CC1=C(C(=O)Nc2cc(C)ccn2)[C@@H](c2cccc(Cl)c2Cl)C2=C(CCCC2=O)N1. The lowest BCUT2D eigenvalue weighted by Gasteiger charge is -2.35. The Morgan fingerprint density at radius 3 is 2.77 bits per heavy atom. The minimum absolute atomic E-state index is 0.0243. The molecule has 2 N–H and O–H groups in total. The minimum Gasteiger partial charge on any atom is -0.362 e. The maximum atomic E-state index is 13.4. The maximum absolute atomic E-state index is 13.4. The molecule has 2 aromatic rings. The third-order valence-electron chi connectivity index (χ3n) is 5.47. The number of benzene rings is 1. The fourth-order valence-electron chi connectivity index (χ4n) is 4.13. The number of dihydropyridines is 1. The van der Waals surface area contributed by atoms with Crippen molar-refractivity contribution in [3.05, 3.63) is 80.2 Å². The Morgan fingerprint density at radius 2 is 2.00 bits per heavy atom. The summed E-state index contributed by atoms with van der Waals surface area (Å²) in [6.45, 7) is 3.77. The predicted octanol–water partition coefficient (Wildman–Crippen LogP) is 5.30. The molecule has 1 atom stereocenters. The zero-order valence-corrected chi connectivity index (χ0v) is 18.2. The first kappa shape index (κ1) is 20.6. The molecule has 1 aliphatic carbocycles. The Balaban J connectivity index is 1.83. The average Bonchev–Trinajstić information content (AvgIpc) is 2.69. The van der Waals surface area contributed by atoms with Crippen LogP contribution in [0.4, 0.5) is 5.82 Å². The van der Waals surface area contributed by atoms with Gasteiger partial charge in [0, 0.05) is 41.1 Å². The first-order chi connectivity index (χ1) is 14.4. The van der Waals surface area contributed by atoms with Gasteiger partial charge in [0.25, 0.3) is 5.91 Å². The molecule has 0 spiro atoms. The molecule has 30 heavy (non-hydrogen) atoms. The first-order valence-corrected chi connectivity index (χ1v) is 10.5. The second-order valence-electron chi connectivity index (χ2n) is 7.58. The van der Waals surface area contributed by atoms with Crippen LogP contribution in [-0.2, 0) is 9.59 Å². The van der Waals surface area contributed by atoms with Gasteiger partial charge in [-0.15, -0.1) is 0 Å². The number of pyridine rings is 1. The lowest BCUT2D eigenvalue weighted by molar-refractivity contribution is -0.116. The van der Waals surface area contributed by atoms with Crippen molar-refractivity contribution < 1.29 is 9.59 Å². The summed E-state index contributed by atoms with van der Waals surface area (Å²) in [6.07, 6.45) is 3.62. The molecule has 4 rings (SSSR count). The maximum Gasteiger partial charge on any atom is 0.255 e. The number of allylic oxidation sites excluding steroid dienone is 3. The number of nitrogens with zero attached hydrogens (tertiary/aromatic N) is 1. The van der Waals surface area contributed by atoms with Crippen LogP contribution in [0.3, 0.4) is 0 Å². The molecule has 0 fully saturated rings. The van der Waals surface area contributed by atoms with E-state index in [1.165, 1.54) is 0 Å². The normalized spacial score (nSPS) is 18.8. The van der Waals surface area contributed by atoms with Gasteiger partial charge in [-0.05, 0) is 56.0 Å². The number of amides is 1. The van der Waals surface area contributed by atoms with E-state index >= 15 is 0 Å². The zero-order valence-electron chi connectivity index (χ0n) is 16.7. The van der Waals surface area contributed by atoms with Crippen molar-refractivity contribution in [1.29, 1.82) is 0 Å². The molecule has 154 valence electrons. The first-order valence-electron chi connectivity index (χ1n) is 9.78. The van der Waals surface area contributed by atoms with Crippen LogP contribution in [0.2, 0.25) is 10.0 Å². The Hall–Kier alpha value is -2.63. The number of Topliss-reactive ketones (excluding diaryl/α,β-unsaturated/α-hetero) is 1. The molecule has 0 bridgehead atoms. The number of hydrogen-bond donors (Lipinski definition) is 2. The molecule has 2 heterocycles. The van der Waals surface area contributed by atoms with Gasteiger partial charge in [0.05, 0.1) is 10.0 Å². The van der Waals surface area contributed by atoms with E-state index in [0.717, 1.165) is 24.1 Å². The lowest BCUT2D eigenvalue weighted by atomic mass is 9.75. The fraction of sp³-hybridized carbons (Fsp3) is 0.261. The predicted molar refractivity (Wildman–Crippen MR) is 119 cm³/mol. The number of carbonyl (C=O) groups is 2. The van der Waals surface area contributed by atoms with Crippen molar-refractivity contribution in [2.45, 2.75) is 39.0 Å². The Labute approximate surface area is 185 Å². The van der Waals surface area contributed by atoms with Crippen molar-refractivity contribution in [3.8, 4) is 0 Å². The number of hydrogen-bond acceptors (Lipinski definition) is 4. The van der Waals surface area contributed by atoms with Crippen molar-refractivity contribution >= 4 is 40.7 Å². The smallest absolute Gasteiger partial charge is 0.255 e.